The largest absolute Gasteiger partial charge is 0.481 e. The summed E-state index contributed by atoms with van der Waals surface area (Å²) in [6, 6.07) is 0. The van der Waals surface area contributed by atoms with E-state index in [4.69, 9.17) is 5.11 Å². The minimum absolute atomic E-state index is 0.0160. The maximum Gasteiger partial charge on any atom is 0.307 e. The molecule has 1 aliphatic rings. The van der Waals surface area contributed by atoms with Crippen LogP contribution in [-0.4, -0.2) is 40.0 Å². The Morgan fingerprint density at radius 3 is 2.68 bits per heavy atom. The van der Waals surface area contributed by atoms with Crippen molar-refractivity contribution >= 4 is 23.2 Å². The first-order chi connectivity index (χ1) is 9.13. The van der Waals surface area contributed by atoms with Crippen LogP contribution in [-0.2, 0) is 16.0 Å². The highest BCUT2D eigenvalue weighted by Crippen LogP contribution is 2.35. The van der Waals surface area contributed by atoms with Gasteiger partial charge in [-0.25, -0.2) is 4.98 Å². The van der Waals surface area contributed by atoms with Gasteiger partial charge in [0, 0.05) is 31.1 Å². The SMILES string of the molecule is CCN(CCc1nccs1)C(=O)C1CCC1C(=O)O. The Hall–Kier alpha value is -1.43. The maximum absolute atomic E-state index is 12.3. The van der Waals surface area contributed by atoms with Gasteiger partial charge in [0.1, 0.15) is 0 Å². The molecule has 6 heteroatoms. The van der Waals surface area contributed by atoms with Gasteiger partial charge in [-0.15, -0.1) is 11.3 Å². The van der Waals surface area contributed by atoms with Gasteiger partial charge in [-0.05, 0) is 19.8 Å². The fraction of sp³-hybridized carbons (Fsp3) is 0.615. The van der Waals surface area contributed by atoms with Crippen molar-refractivity contribution < 1.29 is 14.7 Å². The van der Waals surface area contributed by atoms with Crippen molar-refractivity contribution in [3.63, 3.8) is 0 Å². The third kappa shape index (κ3) is 3.12. The predicted octanol–water partition coefficient (Wildman–Crippen LogP) is 1.64. The molecule has 104 valence electrons. The number of hydrogen-bond acceptors (Lipinski definition) is 4. The molecule has 1 saturated carbocycles. The number of thiazole rings is 1. The molecule has 2 unspecified atom stereocenters. The van der Waals surface area contributed by atoms with E-state index in [1.54, 1.807) is 22.4 Å². The molecule has 0 radical (unpaired) electrons. The summed E-state index contributed by atoms with van der Waals surface area (Å²) in [5.41, 5.74) is 0. The third-order valence-electron chi connectivity index (χ3n) is 3.68. The number of amides is 1. The van der Waals surface area contributed by atoms with E-state index in [2.05, 4.69) is 4.98 Å². The summed E-state index contributed by atoms with van der Waals surface area (Å²) < 4.78 is 0. The Morgan fingerprint density at radius 1 is 1.47 bits per heavy atom. The van der Waals surface area contributed by atoms with Gasteiger partial charge in [0.15, 0.2) is 0 Å². The van der Waals surface area contributed by atoms with Crippen LogP contribution in [0, 0.1) is 11.8 Å². The highest BCUT2D eigenvalue weighted by Gasteiger charge is 2.42. The Bertz CT molecular complexity index is 447. The lowest BCUT2D eigenvalue weighted by Crippen LogP contribution is -2.46. The number of likely N-dealkylation sites (N-methyl/N-ethyl adjacent to an activating group) is 1. The minimum atomic E-state index is -0.847. The van der Waals surface area contributed by atoms with Gasteiger partial charge >= 0.3 is 5.97 Å². The lowest BCUT2D eigenvalue weighted by atomic mass is 9.73. The molecule has 2 atom stereocenters. The number of nitrogens with zero attached hydrogens (tertiary/aromatic N) is 2. The van der Waals surface area contributed by atoms with E-state index in [1.807, 2.05) is 12.3 Å². The molecule has 2 rings (SSSR count). The minimum Gasteiger partial charge on any atom is -0.481 e. The fourth-order valence-corrected chi connectivity index (χ4v) is 2.97. The molecule has 1 aromatic rings. The van der Waals surface area contributed by atoms with Gasteiger partial charge in [0.2, 0.25) is 5.91 Å². The molecule has 1 N–H and O–H groups in total. The Kier molecular flexibility index (Phi) is 4.52. The second-order valence-electron chi connectivity index (χ2n) is 4.72. The summed E-state index contributed by atoms with van der Waals surface area (Å²) in [5, 5.41) is 11.9. The van der Waals surface area contributed by atoms with Crippen molar-refractivity contribution in [2.75, 3.05) is 13.1 Å². The number of rotatable bonds is 6. The number of carbonyl (C=O) groups excluding carboxylic acids is 1. The van der Waals surface area contributed by atoms with E-state index >= 15 is 0 Å². The van der Waals surface area contributed by atoms with E-state index in [0.29, 0.717) is 25.9 Å². The first-order valence-corrected chi connectivity index (χ1v) is 7.41. The van der Waals surface area contributed by atoms with Crippen molar-refractivity contribution in [2.24, 2.45) is 11.8 Å². The van der Waals surface area contributed by atoms with Gasteiger partial charge in [0.25, 0.3) is 0 Å². The second-order valence-corrected chi connectivity index (χ2v) is 5.70. The summed E-state index contributed by atoms with van der Waals surface area (Å²) >= 11 is 1.58. The molecule has 0 aromatic carbocycles. The molecule has 0 spiro atoms. The average molecular weight is 282 g/mol. The van der Waals surface area contributed by atoms with Crippen molar-refractivity contribution in [1.29, 1.82) is 0 Å². The summed E-state index contributed by atoms with van der Waals surface area (Å²) in [4.78, 5) is 29.2. The van der Waals surface area contributed by atoms with Crippen LogP contribution < -0.4 is 0 Å². The van der Waals surface area contributed by atoms with Crippen molar-refractivity contribution in [2.45, 2.75) is 26.2 Å². The van der Waals surface area contributed by atoms with Crippen LogP contribution in [0.15, 0.2) is 11.6 Å². The molecule has 1 aromatic heterocycles. The first kappa shape index (κ1) is 14.0. The quantitative estimate of drug-likeness (QED) is 0.861. The second kappa shape index (κ2) is 6.14. The van der Waals surface area contributed by atoms with E-state index in [-0.39, 0.29) is 11.8 Å². The normalized spacial score (nSPS) is 21.7. The summed E-state index contributed by atoms with van der Waals surface area (Å²) in [6.07, 6.45) is 3.81. The molecule has 5 nitrogen and oxygen atoms in total. The lowest BCUT2D eigenvalue weighted by molar-refractivity contribution is -0.156. The molecular formula is C13H18N2O3S. The molecule has 1 fully saturated rings. The molecule has 0 saturated heterocycles. The molecule has 19 heavy (non-hydrogen) atoms. The van der Waals surface area contributed by atoms with Crippen LogP contribution in [0.1, 0.15) is 24.8 Å². The maximum atomic E-state index is 12.3. The van der Waals surface area contributed by atoms with E-state index in [9.17, 15) is 9.59 Å². The van der Waals surface area contributed by atoms with Gasteiger partial charge in [-0.2, -0.15) is 0 Å². The number of aromatic nitrogens is 1. The van der Waals surface area contributed by atoms with Crippen molar-refractivity contribution in [3.8, 4) is 0 Å². The number of carboxylic acid groups (broad SMARTS) is 1. The predicted molar refractivity (Wildman–Crippen MR) is 71.9 cm³/mol. The fourth-order valence-electron chi connectivity index (χ4n) is 2.36. The van der Waals surface area contributed by atoms with E-state index in [0.717, 1.165) is 11.4 Å². The zero-order valence-corrected chi connectivity index (χ0v) is 11.7. The topological polar surface area (TPSA) is 70.5 Å². The average Bonchev–Trinajstić information content (AvgIpc) is 2.80. The van der Waals surface area contributed by atoms with Crippen molar-refractivity contribution in [1.82, 2.24) is 9.88 Å². The molecule has 1 amide bonds. The molecule has 0 aliphatic heterocycles. The lowest BCUT2D eigenvalue weighted by Gasteiger charge is -2.36. The first-order valence-electron chi connectivity index (χ1n) is 6.53. The molecule has 1 heterocycles. The summed E-state index contributed by atoms with van der Waals surface area (Å²) in [6.45, 7) is 3.16. The summed E-state index contributed by atoms with van der Waals surface area (Å²) in [5.74, 6) is -1.67. The van der Waals surface area contributed by atoms with Gasteiger partial charge < -0.3 is 10.0 Å². The zero-order chi connectivity index (χ0) is 13.8. The smallest absolute Gasteiger partial charge is 0.307 e. The number of hydrogen-bond donors (Lipinski definition) is 1. The van der Waals surface area contributed by atoms with Gasteiger partial charge in [0.05, 0.1) is 16.8 Å². The van der Waals surface area contributed by atoms with Gasteiger partial charge in [-0.1, -0.05) is 0 Å². The zero-order valence-electron chi connectivity index (χ0n) is 10.9. The Balaban J connectivity index is 1.90. The van der Waals surface area contributed by atoms with Crippen molar-refractivity contribution in [3.05, 3.63) is 16.6 Å². The highest BCUT2D eigenvalue weighted by molar-refractivity contribution is 7.09. The van der Waals surface area contributed by atoms with Crippen LogP contribution >= 0.6 is 11.3 Å². The third-order valence-corrected chi connectivity index (χ3v) is 4.52. The monoisotopic (exact) mass is 282 g/mol. The molecule has 1 aliphatic carbocycles. The van der Waals surface area contributed by atoms with Gasteiger partial charge in [-0.3, -0.25) is 9.59 Å². The van der Waals surface area contributed by atoms with Crippen LogP contribution in [0.2, 0.25) is 0 Å². The highest BCUT2D eigenvalue weighted by atomic mass is 32.1. The standard InChI is InChI=1S/C13H18N2O3S/c1-2-15(7-5-11-14-6-8-19-11)12(16)9-3-4-10(9)13(17)18/h6,8-10H,2-5,7H2,1H3,(H,17,18). The van der Waals surface area contributed by atoms with Crippen LogP contribution in [0.4, 0.5) is 0 Å². The number of aliphatic carboxylic acids is 1. The Morgan fingerprint density at radius 2 is 2.21 bits per heavy atom. The number of carbonyl (C=O) groups is 2. The van der Waals surface area contributed by atoms with Crippen LogP contribution in [0.25, 0.3) is 0 Å². The number of carboxylic acids is 1. The molecular weight excluding hydrogens is 264 g/mol. The summed E-state index contributed by atoms with van der Waals surface area (Å²) in [7, 11) is 0. The Labute approximate surface area is 116 Å². The van der Waals surface area contributed by atoms with Crippen LogP contribution in [0.5, 0.6) is 0 Å². The van der Waals surface area contributed by atoms with Crippen LogP contribution in [0.3, 0.4) is 0 Å². The van der Waals surface area contributed by atoms with E-state index in [1.165, 1.54) is 0 Å². The molecule has 0 bridgehead atoms. The van der Waals surface area contributed by atoms with E-state index < -0.39 is 11.9 Å².